The lowest BCUT2D eigenvalue weighted by Crippen LogP contribution is -2.44. The first-order valence-electron chi connectivity index (χ1n) is 11.3. The van der Waals surface area contributed by atoms with Gasteiger partial charge in [-0.15, -0.1) is 0 Å². The van der Waals surface area contributed by atoms with Crippen LogP contribution in [0.2, 0.25) is 0 Å². The second-order valence-electron chi connectivity index (χ2n) is 8.93. The molecule has 2 amide bonds. The van der Waals surface area contributed by atoms with E-state index < -0.39 is 11.7 Å². The number of carbonyl (C=O) groups excluding carboxylic acids is 2. The summed E-state index contributed by atoms with van der Waals surface area (Å²) in [6.07, 6.45) is 0.932. The number of aromatic amines is 1. The minimum absolute atomic E-state index is 0.0990. The molecule has 2 aromatic heterocycles. The van der Waals surface area contributed by atoms with Gasteiger partial charge in [0.25, 0.3) is 5.91 Å². The zero-order valence-electron chi connectivity index (χ0n) is 18.4. The van der Waals surface area contributed by atoms with E-state index in [1.807, 2.05) is 11.0 Å². The van der Waals surface area contributed by atoms with Gasteiger partial charge in [0.05, 0.1) is 22.8 Å². The average molecular weight is 471 g/mol. The number of rotatable bonds is 3. The van der Waals surface area contributed by atoms with Crippen LogP contribution in [0, 0.1) is 5.92 Å². The smallest absolute Gasteiger partial charge is 0.342 e. The van der Waals surface area contributed by atoms with Gasteiger partial charge in [-0.05, 0) is 49.6 Å². The summed E-state index contributed by atoms with van der Waals surface area (Å²) in [4.78, 5) is 41.3. The minimum Gasteiger partial charge on any atom is -0.342 e. The molecule has 2 fully saturated rings. The Labute approximate surface area is 194 Å². The second kappa shape index (κ2) is 8.73. The van der Waals surface area contributed by atoms with E-state index in [0.717, 1.165) is 35.4 Å². The third-order valence-corrected chi connectivity index (χ3v) is 6.78. The molecule has 0 radical (unpaired) electrons. The van der Waals surface area contributed by atoms with Gasteiger partial charge in [-0.3, -0.25) is 14.6 Å². The molecule has 0 saturated carbocycles. The number of pyridine rings is 1. The molecule has 2 aliphatic heterocycles. The van der Waals surface area contributed by atoms with Crippen molar-refractivity contribution in [1.82, 2.24) is 24.8 Å². The summed E-state index contributed by atoms with van der Waals surface area (Å²) in [5, 5.41) is 0. The van der Waals surface area contributed by atoms with Crippen LogP contribution in [-0.4, -0.2) is 62.7 Å². The SMILES string of the molecule is O=C(c1ccc(C(F)(F)F)cc1)N1CCC(C(=O)N2CCC(c3nc4ccncc4[nH]3)C2)CC1. The summed E-state index contributed by atoms with van der Waals surface area (Å²) in [6, 6.07) is 6.12. The van der Waals surface area contributed by atoms with Crippen LogP contribution in [0.25, 0.3) is 11.0 Å². The van der Waals surface area contributed by atoms with Crippen molar-refractivity contribution in [2.45, 2.75) is 31.4 Å². The van der Waals surface area contributed by atoms with Crippen molar-refractivity contribution in [3.8, 4) is 0 Å². The molecule has 0 bridgehead atoms. The molecule has 4 heterocycles. The van der Waals surface area contributed by atoms with Gasteiger partial charge in [0.2, 0.25) is 5.91 Å². The summed E-state index contributed by atoms with van der Waals surface area (Å²) in [5.41, 5.74) is 1.19. The summed E-state index contributed by atoms with van der Waals surface area (Å²) in [6.45, 7) is 2.09. The van der Waals surface area contributed by atoms with E-state index in [1.165, 1.54) is 12.1 Å². The van der Waals surface area contributed by atoms with Crippen LogP contribution >= 0.6 is 0 Å². The molecule has 0 aliphatic carbocycles. The molecular formula is C24H24F3N5O2. The third kappa shape index (κ3) is 4.36. The number of likely N-dealkylation sites (tertiary alicyclic amines) is 2. The number of hydrogen-bond donors (Lipinski definition) is 1. The topological polar surface area (TPSA) is 82.2 Å². The van der Waals surface area contributed by atoms with Crippen LogP contribution in [0.15, 0.2) is 42.7 Å². The lowest BCUT2D eigenvalue weighted by Gasteiger charge is -2.33. The highest BCUT2D eigenvalue weighted by atomic mass is 19.4. The van der Waals surface area contributed by atoms with Crippen LogP contribution < -0.4 is 0 Å². The molecule has 2 saturated heterocycles. The highest BCUT2D eigenvalue weighted by Crippen LogP contribution is 2.31. The number of hydrogen-bond acceptors (Lipinski definition) is 4. The minimum atomic E-state index is -4.43. The normalized spacial score (nSPS) is 19.7. The number of carbonyl (C=O) groups is 2. The van der Waals surface area contributed by atoms with Crippen molar-refractivity contribution < 1.29 is 22.8 Å². The molecule has 0 spiro atoms. The van der Waals surface area contributed by atoms with Gasteiger partial charge in [-0.1, -0.05) is 0 Å². The van der Waals surface area contributed by atoms with E-state index in [4.69, 9.17) is 0 Å². The quantitative estimate of drug-likeness (QED) is 0.629. The Morgan fingerprint density at radius 2 is 1.68 bits per heavy atom. The van der Waals surface area contributed by atoms with Crippen LogP contribution in [0.3, 0.4) is 0 Å². The summed E-state index contributed by atoms with van der Waals surface area (Å²) in [7, 11) is 0. The number of halogens is 3. The molecule has 1 aromatic carbocycles. The van der Waals surface area contributed by atoms with Crippen molar-refractivity contribution in [1.29, 1.82) is 0 Å². The maximum Gasteiger partial charge on any atom is 0.416 e. The Bertz CT molecular complexity index is 1170. The first-order valence-corrected chi connectivity index (χ1v) is 11.3. The Balaban J connectivity index is 1.15. The largest absolute Gasteiger partial charge is 0.416 e. The van der Waals surface area contributed by atoms with E-state index >= 15 is 0 Å². The molecule has 1 atom stereocenters. The predicted molar refractivity (Wildman–Crippen MR) is 118 cm³/mol. The maximum absolute atomic E-state index is 13.1. The van der Waals surface area contributed by atoms with E-state index in [2.05, 4.69) is 15.0 Å². The molecular weight excluding hydrogens is 447 g/mol. The Morgan fingerprint density at radius 3 is 2.35 bits per heavy atom. The molecule has 3 aromatic rings. The van der Waals surface area contributed by atoms with E-state index in [0.29, 0.717) is 39.0 Å². The highest BCUT2D eigenvalue weighted by molar-refractivity contribution is 5.94. The lowest BCUT2D eigenvalue weighted by molar-refractivity contribution is -0.137. The van der Waals surface area contributed by atoms with Crippen molar-refractivity contribution in [3.05, 3.63) is 59.7 Å². The van der Waals surface area contributed by atoms with Crippen molar-refractivity contribution >= 4 is 22.8 Å². The summed E-state index contributed by atoms with van der Waals surface area (Å²) >= 11 is 0. The van der Waals surface area contributed by atoms with Gasteiger partial charge in [-0.2, -0.15) is 13.2 Å². The van der Waals surface area contributed by atoms with Gasteiger partial charge < -0.3 is 14.8 Å². The molecule has 34 heavy (non-hydrogen) atoms. The molecule has 178 valence electrons. The fourth-order valence-electron chi connectivity index (χ4n) is 4.83. The zero-order valence-corrected chi connectivity index (χ0v) is 18.4. The first-order chi connectivity index (χ1) is 16.3. The number of imidazole rings is 1. The Morgan fingerprint density at radius 1 is 0.971 bits per heavy atom. The standard InChI is InChI=1S/C24H24F3N5O2/c25-24(26,27)18-3-1-15(2-4-18)22(33)31-10-6-16(7-11-31)23(34)32-12-8-17(14-32)21-29-19-5-9-28-13-20(19)30-21/h1-5,9,13,16-17H,6-8,10-12,14H2,(H,29,30). The summed E-state index contributed by atoms with van der Waals surface area (Å²) < 4.78 is 38.3. The average Bonchev–Trinajstić information content (AvgIpc) is 3.50. The third-order valence-electron chi connectivity index (χ3n) is 6.78. The number of alkyl halides is 3. The number of fused-ring (bicyclic) bond motifs is 1. The van der Waals surface area contributed by atoms with E-state index in [1.54, 1.807) is 17.3 Å². The number of aromatic nitrogens is 3. The van der Waals surface area contributed by atoms with Crippen LogP contribution in [-0.2, 0) is 11.0 Å². The maximum atomic E-state index is 13.1. The van der Waals surface area contributed by atoms with Gasteiger partial charge in [0.1, 0.15) is 5.82 Å². The van der Waals surface area contributed by atoms with Crippen molar-refractivity contribution in [2.75, 3.05) is 26.2 Å². The van der Waals surface area contributed by atoms with Crippen molar-refractivity contribution in [2.24, 2.45) is 5.92 Å². The number of piperidine rings is 1. The molecule has 7 nitrogen and oxygen atoms in total. The highest BCUT2D eigenvalue weighted by Gasteiger charge is 2.35. The van der Waals surface area contributed by atoms with Gasteiger partial charge in [0.15, 0.2) is 0 Å². The number of nitrogens with one attached hydrogen (secondary N) is 1. The number of H-pyrrole nitrogens is 1. The number of nitrogens with zero attached hydrogens (tertiary/aromatic N) is 4. The van der Waals surface area contributed by atoms with Gasteiger partial charge in [0, 0.05) is 49.8 Å². The first kappa shape index (κ1) is 22.4. The van der Waals surface area contributed by atoms with Crippen LogP contribution in [0.1, 0.15) is 46.9 Å². The van der Waals surface area contributed by atoms with E-state index in [9.17, 15) is 22.8 Å². The van der Waals surface area contributed by atoms with Gasteiger partial charge in [-0.25, -0.2) is 4.98 Å². The lowest BCUT2D eigenvalue weighted by atomic mass is 9.94. The second-order valence-corrected chi connectivity index (χ2v) is 8.93. The number of benzene rings is 1. The molecule has 1 N–H and O–H groups in total. The van der Waals surface area contributed by atoms with Crippen molar-refractivity contribution in [3.63, 3.8) is 0 Å². The summed E-state index contributed by atoms with van der Waals surface area (Å²) in [5.74, 6) is 0.658. The fourth-order valence-corrected chi connectivity index (χ4v) is 4.83. The predicted octanol–water partition coefficient (Wildman–Crippen LogP) is 3.85. The van der Waals surface area contributed by atoms with Crippen LogP contribution in [0.4, 0.5) is 13.2 Å². The monoisotopic (exact) mass is 471 g/mol. The van der Waals surface area contributed by atoms with Crippen LogP contribution in [0.5, 0.6) is 0 Å². The van der Waals surface area contributed by atoms with Gasteiger partial charge >= 0.3 is 6.18 Å². The molecule has 10 heteroatoms. The van der Waals surface area contributed by atoms with E-state index in [-0.39, 0.29) is 29.2 Å². The Kier molecular flexibility index (Phi) is 5.75. The number of amides is 2. The molecule has 5 rings (SSSR count). The fraction of sp³-hybridized carbons (Fsp3) is 0.417. The molecule has 2 aliphatic rings. The molecule has 1 unspecified atom stereocenters. The zero-order chi connectivity index (χ0) is 23.9. The Hall–Kier alpha value is -3.43.